The molecule has 0 aliphatic heterocycles. The molecule has 3 rings (SSSR count). The van der Waals surface area contributed by atoms with Gasteiger partial charge < -0.3 is 26.2 Å². The van der Waals surface area contributed by atoms with Crippen molar-refractivity contribution in [3.8, 4) is 0 Å². The fourth-order valence-electron chi connectivity index (χ4n) is 7.44. The van der Waals surface area contributed by atoms with Gasteiger partial charge in [0.15, 0.2) is 5.71 Å². The number of aromatic nitrogens is 1. The molecular weight excluding hydrogens is 1190 g/mol. The lowest BCUT2D eigenvalue weighted by atomic mass is 9.99. The summed E-state index contributed by atoms with van der Waals surface area (Å²) in [6.07, 6.45) is 8.54. The summed E-state index contributed by atoms with van der Waals surface area (Å²) < 4.78 is 197. The molecule has 0 unspecified atom stereocenters. The van der Waals surface area contributed by atoms with E-state index in [1.807, 2.05) is 0 Å². The Morgan fingerprint density at radius 2 is 0.926 bits per heavy atom. The van der Waals surface area contributed by atoms with Crippen molar-refractivity contribution >= 4 is 107 Å². The largest absolute Gasteiger partial charge is 0.351 e. The first-order valence-electron chi connectivity index (χ1n) is 23.7. The SMILES string of the molecule is C\C(=C/C=C(/C=C/C(C)=[N+](\CCCS(=O)(=O)O)c1cc(C(=O)NCCS(=O)(=O)O)cc(C(=O)NCCS(=O)(=O)O)c1C)c1ccncc1)N(CCCS(=O)(=O)O)c1cc(C(=O)NCCS(=O)(=O)O)cc(C(=O)NCCS(=O)(=O)O)c1C. The number of nitrogens with one attached hydrogen (secondary N) is 4. The molecule has 0 spiro atoms. The van der Waals surface area contributed by atoms with Crippen molar-refractivity contribution in [1.29, 1.82) is 0 Å². The maximum atomic E-state index is 13.6. The van der Waals surface area contributed by atoms with E-state index in [4.69, 9.17) is 0 Å². The highest BCUT2D eigenvalue weighted by atomic mass is 32.2. The Balaban J connectivity index is 2.40. The number of hydrogen-bond acceptors (Lipinski definition) is 18. The molecule has 3 aromatic rings. The van der Waals surface area contributed by atoms with E-state index in [9.17, 15) is 97.0 Å². The number of benzene rings is 2. The zero-order chi connectivity index (χ0) is 61.3. The summed E-state index contributed by atoms with van der Waals surface area (Å²) in [5.41, 5.74) is 0.796. The Kier molecular flexibility index (Phi) is 25.1. The van der Waals surface area contributed by atoms with Gasteiger partial charge in [-0.3, -0.25) is 51.5 Å². The van der Waals surface area contributed by atoms with Gasteiger partial charge in [-0.2, -0.15) is 55.1 Å². The molecule has 0 aliphatic rings. The average molecular weight is 1260 g/mol. The van der Waals surface area contributed by atoms with E-state index in [0.29, 0.717) is 11.1 Å². The molecule has 0 saturated carbocycles. The van der Waals surface area contributed by atoms with Gasteiger partial charge in [0.25, 0.3) is 84.3 Å². The molecular formula is C46H62N7O22S6+. The van der Waals surface area contributed by atoms with Crippen LogP contribution in [0.4, 0.5) is 11.4 Å². The number of hydrogen-bond donors (Lipinski definition) is 10. The average Bonchev–Trinajstić information content (AvgIpc) is 3.32. The Hall–Kier alpha value is -6.38. The van der Waals surface area contributed by atoms with Crippen LogP contribution in [0.1, 0.15) is 84.8 Å². The first kappa shape index (κ1) is 68.9. The fraction of sp³-hybridized carbons (Fsp3) is 0.391. The fourth-order valence-corrected chi connectivity index (χ4v) is 9.87. The molecule has 29 nitrogen and oxygen atoms in total. The first-order valence-corrected chi connectivity index (χ1v) is 33.4. The zero-order valence-electron chi connectivity index (χ0n) is 43.8. The summed E-state index contributed by atoms with van der Waals surface area (Å²) in [5.74, 6) is -8.91. The minimum atomic E-state index is -4.56. The minimum absolute atomic E-state index is 0.0664. The molecule has 1 aromatic heterocycles. The number of allylic oxidation sites excluding steroid dienone is 6. The molecule has 1 heterocycles. The van der Waals surface area contributed by atoms with Gasteiger partial charge in [0.2, 0.25) is 5.69 Å². The predicted octanol–water partition coefficient (Wildman–Crippen LogP) is 0.880. The van der Waals surface area contributed by atoms with Gasteiger partial charge in [-0.25, -0.2) is 0 Å². The van der Waals surface area contributed by atoms with Crippen molar-refractivity contribution in [3.05, 3.63) is 118 Å². The Bertz CT molecular complexity index is 3680. The van der Waals surface area contributed by atoms with Crippen LogP contribution in [0.3, 0.4) is 0 Å². The van der Waals surface area contributed by atoms with Crippen LogP contribution in [-0.2, 0) is 60.7 Å². The van der Waals surface area contributed by atoms with Gasteiger partial charge >= 0.3 is 0 Å². The number of nitrogens with zero attached hydrogens (tertiary/aromatic N) is 3. The monoisotopic (exact) mass is 1260 g/mol. The van der Waals surface area contributed by atoms with Crippen molar-refractivity contribution in [3.63, 3.8) is 0 Å². The topological polar surface area (TPSA) is 462 Å². The third kappa shape index (κ3) is 25.5. The van der Waals surface area contributed by atoms with E-state index >= 15 is 0 Å². The molecule has 35 heteroatoms. The summed E-state index contributed by atoms with van der Waals surface area (Å²) in [6, 6.07) is 7.94. The second-order valence-corrected chi connectivity index (χ2v) is 27.2. The molecule has 81 heavy (non-hydrogen) atoms. The van der Waals surface area contributed by atoms with Crippen molar-refractivity contribution in [2.45, 2.75) is 40.5 Å². The van der Waals surface area contributed by atoms with Crippen LogP contribution in [0.2, 0.25) is 0 Å². The van der Waals surface area contributed by atoms with Crippen molar-refractivity contribution in [2.75, 3.05) is 78.7 Å². The van der Waals surface area contributed by atoms with Crippen molar-refractivity contribution in [2.24, 2.45) is 0 Å². The lowest BCUT2D eigenvalue weighted by Gasteiger charge is -2.29. The van der Waals surface area contributed by atoms with E-state index in [0.717, 1.165) is 12.1 Å². The van der Waals surface area contributed by atoms with E-state index in [1.54, 1.807) is 38.1 Å². The Morgan fingerprint density at radius 1 is 0.519 bits per heavy atom. The van der Waals surface area contributed by atoms with Crippen LogP contribution in [0, 0.1) is 13.8 Å². The normalized spacial score (nSPS) is 13.4. The molecule has 0 atom stereocenters. The first-order chi connectivity index (χ1) is 37.2. The highest BCUT2D eigenvalue weighted by Crippen LogP contribution is 2.31. The molecule has 0 aliphatic carbocycles. The van der Waals surface area contributed by atoms with Gasteiger partial charge in [0.1, 0.15) is 6.54 Å². The Labute approximate surface area is 469 Å². The molecule has 448 valence electrons. The van der Waals surface area contributed by atoms with Gasteiger partial charge in [-0.15, -0.1) is 0 Å². The second kappa shape index (κ2) is 29.6. The highest BCUT2D eigenvalue weighted by Gasteiger charge is 2.27. The van der Waals surface area contributed by atoms with Crippen molar-refractivity contribution in [1.82, 2.24) is 26.3 Å². The quantitative estimate of drug-likeness (QED) is 0.0185. The molecule has 0 radical (unpaired) electrons. The van der Waals surface area contributed by atoms with Crippen LogP contribution in [0.5, 0.6) is 0 Å². The predicted molar refractivity (Wildman–Crippen MR) is 297 cm³/mol. The standard InChI is InChI=1S/C46H61N7O22S6/c1-31(52(19-5-21-76(58,59)60)41-29-37(43(54)48-15-23-78(64,65)66)27-39(33(41)3)45(56)50-17-25-80(70,71)72)7-9-35(36-11-13-47-14-12-36)10-8-32(2)53(20-6-22-77(61,62)63)42-30-38(44(55)49-16-24-79(67,68)69)28-40(34(42)4)46(57)51-18-26-81(73,74)75/h7-14,27-30H,5-6,15-26H2,1-4H3,(H9-,48,49,50,51,54,55,56,57,58,59,60,61,62,63,64,65,66,67,68,69,70,71,72,73,74,75)/p+1. The number of pyridine rings is 1. The molecule has 0 saturated heterocycles. The van der Waals surface area contributed by atoms with Crippen LogP contribution in [0.15, 0.2) is 78.8 Å². The minimum Gasteiger partial charge on any atom is -0.351 e. The van der Waals surface area contributed by atoms with Gasteiger partial charge in [-0.05, 0) is 86.4 Å². The zero-order valence-corrected chi connectivity index (χ0v) is 48.7. The number of carbonyl (C=O) groups is 4. The van der Waals surface area contributed by atoms with Crippen molar-refractivity contribution < 1.29 is 102 Å². The summed E-state index contributed by atoms with van der Waals surface area (Å²) in [7, 11) is -27.3. The van der Waals surface area contributed by atoms with E-state index in [2.05, 4.69) is 26.3 Å². The number of rotatable bonds is 31. The number of anilines is 1. The number of carbonyl (C=O) groups excluding carboxylic acids is 4. The summed E-state index contributed by atoms with van der Waals surface area (Å²) in [5, 5.41) is 9.25. The highest BCUT2D eigenvalue weighted by molar-refractivity contribution is 7.87. The van der Waals surface area contributed by atoms with Crippen LogP contribution in [-0.4, -0.2) is 191 Å². The molecule has 4 amide bonds. The lowest BCUT2D eigenvalue weighted by molar-refractivity contribution is -0.440. The van der Waals surface area contributed by atoms with E-state index in [-0.39, 0.29) is 82.1 Å². The molecule has 0 bridgehead atoms. The van der Waals surface area contributed by atoms with Gasteiger partial charge in [-0.1, -0.05) is 6.08 Å². The van der Waals surface area contributed by atoms with Crippen LogP contribution < -0.4 is 26.2 Å². The van der Waals surface area contributed by atoms with E-state index in [1.165, 1.54) is 60.0 Å². The molecule has 2 aromatic carbocycles. The van der Waals surface area contributed by atoms with Gasteiger partial charge in [0, 0.05) is 110 Å². The third-order valence-electron chi connectivity index (χ3n) is 11.4. The molecule has 10 N–H and O–H groups in total. The van der Waals surface area contributed by atoms with E-state index < -0.39 is 145 Å². The summed E-state index contributed by atoms with van der Waals surface area (Å²) in [6.45, 7) is 3.12. The summed E-state index contributed by atoms with van der Waals surface area (Å²) in [4.78, 5) is 59.8. The van der Waals surface area contributed by atoms with Crippen LogP contribution >= 0.6 is 0 Å². The third-order valence-corrected chi connectivity index (χ3v) is 15.9. The Morgan fingerprint density at radius 3 is 1.37 bits per heavy atom. The lowest BCUT2D eigenvalue weighted by Crippen LogP contribution is -2.32. The summed E-state index contributed by atoms with van der Waals surface area (Å²) >= 11 is 0. The number of amides is 4. The molecule has 0 fully saturated rings. The van der Waals surface area contributed by atoms with Gasteiger partial charge in [0.05, 0.1) is 34.5 Å². The maximum absolute atomic E-state index is 13.6. The second-order valence-electron chi connectivity index (χ2n) is 17.7. The maximum Gasteiger partial charge on any atom is 0.266 e. The van der Waals surface area contributed by atoms with Crippen LogP contribution in [0.25, 0.3) is 5.57 Å². The smallest absolute Gasteiger partial charge is 0.266 e.